The Hall–Kier alpha value is -2.08. The number of hydrogen-bond acceptors (Lipinski definition) is 3. The van der Waals surface area contributed by atoms with Crippen LogP contribution >= 0.6 is 11.6 Å². The number of carbonyl (C=O) groups is 3. The molecule has 0 saturated carbocycles. The molecule has 0 aliphatic carbocycles. The van der Waals surface area contributed by atoms with Gasteiger partial charge in [0.2, 0.25) is 5.91 Å². The molecule has 0 aliphatic heterocycles. The fraction of sp³-hybridized carbons (Fsp3) is 0.250. The molecule has 102 valence electrons. The molecule has 0 bridgehead atoms. The van der Waals surface area contributed by atoms with Crippen LogP contribution < -0.4 is 11.1 Å². The first-order chi connectivity index (χ1) is 8.91. The molecular formula is C12H13ClN2O4. The molecule has 0 aliphatic rings. The van der Waals surface area contributed by atoms with Gasteiger partial charge in [-0.05, 0) is 18.6 Å². The maximum atomic E-state index is 11.8. The van der Waals surface area contributed by atoms with Crippen molar-refractivity contribution in [1.82, 2.24) is 5.32 Å². The lowest BCUT2D eigenvalue weighted by Crippen LogP contribution is -2.41. The van der Waals surface area contributed by atoms with Gasteiger partial charge in [0.1, 0.15) is 6.04 Å². The van der Waals surface area contributed by atoms with Gasteiger partial charge in [-0.1, -0.05) is 23.7 Å². The van der Waals surface area contributed by atoms with E-state index in [9.17, 15) is 14.4 Å². The van der Waals surface area contributed by atoms with Crippen molar-refractivity contribution >= 4 is 29.4 Å². The van der Waals surface area contributed by atoms with Crippen molar-refractivity contribution in [2.75, 3.05) is 0 Å². The van der Waals surface area contributed by atoms with Crippen molar-refractivity contribution in [1.29, 1.82) is 0 Å². The predicted molar refractivity (Wildman–Crippen MR) is 68.8 cm³/mol. The third kappa shape index (κ3) is 4.59. The van der Waals surface area contributed by atoms with Gasteiger partial charge in [0.25, 0.3) is 5.91 Å². The van der Waals surface area contributed by atoms with Gasteiger partial charge in [-0.25, -0.2) is 4.79 Å². The first-order valence-corrected chi connectivity index (χ1v) is 5.86. The van der Waals surface area contributed by atoms with Crippen LogP contribution in [0.5, 0.6) is 0 Å². The Labute approximate surface area is 114 Å². The first kappa shape index (κ1) is 15.0. The molecule has 7 heteroatoms. The fourth-order valence-corrected chi connectivity index (χ4v) is 1.65. The van der Waals surface area contributed by atoms with Gasteiger partial charge in [-0.3, -0.25) is 9.59 Å². The second-order valence-electron chi connectivity index (χ2n) is 3.85. The van der Waals surface area contributed by atoms with Crippen LogP contribution in [-0.4, -0.2) is 28.9 Å². The summed E-state index contributed by atoms with van der Waals surface area (Å²) in [5.74, 6) is -2.47. The summed E-state index contributed by atoms with van der Waals surface area (Å²) in [6.07, 6.45) is -0.194. The van der Waals surface area contributed by atoms with Gasteiger partial charge in [0, 0.05) is 6.42 Å². The zero-order valence-electron chi connectivity index (χ0n) is 9.93. The highest BCUT2D eigenvalue weighted by atomic mass is 35.5. The zero-order chi connectivity index (χ0) is 14.4. The summed E-state index contributed by atoms with van der Waals surface area (Å²) in [5.41, 5.74) is 5.12. The normalized spacial score (nSPS) is 11.6. The third-order valence-electron chi connectivity index (χ3n) is 2.40. The average molecular weight is 285 g/mol. The van der Waals surface area contributed by atoms with Gasteiger partial charge in [0.05, 0.1) is 10.6 Å². The summed E-state index contributed by atoms with van der Waals surface area (Å²) >= 11 is 5.83. The van der Waals surface area contributed by atoms with Gasteiger partial charge in [0.15, 0.2) is 0 Å². The largest absolute Gasteiger partial charge is 0.480 e. The Bertz CT molecular complexity index is 504. The van der Waals surface area contributed by atoms with Gasteiger partial charge < -0.3 is 16.2 Å². The fourth-order valence-electron chi connectivity index (χ4n) is 1.43. The second kappa shape index (κ2) is 6.75. The molecule has 1 aromatic carbocycles. The quantitative estimate of drug-likeness (QED) is 0.717. The summed E-state index contributed by atoms with van der Waals surface area (Å²) in [4.78, 5) is 33.4. The third-order valence-corrected chi connectivity index (χ3v) is 2.73. The van der Waals surface area contributed by atoms with E-state index in [0.717, 1.165) is 0 Å². The number of hydrogen-bond donors (Lipinski definition) is 3. The minimum absolute atomic E-state index is 0.0686. The van der Waals surface area contributed by atoms with Crippen molar-refractivity contribution in [2.24, 2.45) is 5.73 Å². The van der Waals surface area contributed by atoms with E-state index in [1.807, 2.05) is 0 Å². The van der Waals surface area contributed by atoms with Crippen LogP contribution in [0.4, 0.5) is 0 Å². The number of aliphatic carboxylic acids is 1. The summed E-state index contributed by atoms with van der Waals surface area (Å²) in [7, 11) is 0. The number of primary amides is 1. The Morgan fingerprint density at radius 1 is 1.32 bits per heavy atom. The first-order valence-electron chi connectivity index (χ1n) is 5.48. The number of carboxylic acids is 1. The molecule has 19 heavy (non-hydrogen) atoms. The summed E-state index contributed by atoms with van der Waals surface area (Å²) in [5, 5.41) is 11.5. The number of halogens is 1. The van der Waals surface area contributed by atoms with E-state index >= 15 is 0 Å². The summed E-state index contributed by atoms with van der Waals surface area (Å²) in [6, 6.07) is 5.08. The number of nitrogens with one attached hydrogen (secondary N) is 1. The minimum atomic E-state index is -1.23. The van der Waals surface area contributed by atoms with Crippen molar-refractivity contribution in [3.63, 3.8) is 0 Å². The Balaban J connectivity index is 2.74. The van der Waals surface area contributed by atoms with Gasteiger partial charge in [-0.2, -0.15) is 0 Å². The maximum Gasteiger partial charge on any atom is 0.326 e. The number of amides is 2. The Morgan fingerprint density at radius 3 is 2.47 bits per heavy atom. The van der Waals surface area contributed by atoms with Crippen LogP contribution in [0, 0.1) is 0 Å². The summed E-state index contributed by atoms with van der Waals surface area (Å²) in [6.45, 7) is 0. The lowest BCUT2D eigenvalue weighted by atomic mass is 10.1. The molecule has 4 N–H and O–H groups in total. The van der Waals surface area contributed by atoms with E-state index < -0.39 is 23.8 Å². The highest BCUT2D eigenvalue weighted by Gasteiger charge is 2.22. The lowest BCUT2D eigenvalue weighted by Gasteiger charge is -2.14. The van der Waals surface area contributed by atoms with Crippen molar-refractivity contribution in [3.05, 3.63) is 34.9 Å². The van der Waals surface area contributed by atoms with Crippen LogP contribution in [0.25, 0.3) is 0 Å². The minimum Gasteiger partial charge on any atom is -0.480 e. The molecule has 6 nitrogen and oxygen atoms in total. The molecule has 0 aromatic heterocycles. The number of rotatable bonds is 6. The van der Waals surface area contributed by atoms with E-state index in [0.29, 0.717) is 0 Å². The Morgan fingerprint density at radius 2 is 1.95 bits per heavy atom. The molecule has 2 amide bonds. The molecule has 0 heterocycles. The molecule has 1 rings (SSSR count). The van der Waals surface area contributed by atoms with Gasteiger partial charge in [-0.15, -0.1) is 0 Å². The molecule has 0 unspecified atom stereocenters. The molecule has 0 fully saturated rings. The molecule has 1 atom stereocenters. The second-order valence-corrected chi connectivity index (χ2v) is 4.26. The van der Waals surface area contributed by atoms with E-state index in [1.54, 1.807) is 12.1 Å². The number of carboxylic acid groups (broad SMARTS) is 1. The van der Waals surface area contributed by atoms with Crippen LogP contribution in [0.1, 0.15) is 23.2 Å². The summed E-state index contributed by atoms with van der Waals surface area (Å²) < 4.78 is 0. The van der Waals surface area contributed by atoms with E-state index in [1.165, 1.54) is 12.1 Å². The number of nitrogens with two attached hydrogens (primary N) is 1. The SMILES string of the molecule is NC(=O)CC[C@@H](NC(=O)c1ccccc1Cl)C(=O)O. The highest BCUT2D eigenvalue weighted by Crippen LogP contribution is 2.15. The molecular weight excluding hydrogens is 272 g/mol. The van der Waals surface area contributed by atoms with Crippen LogP contribution in [0.3, 0.4) is 0 Å². The smallest absolute Gasteiger partial charge is 0.326 e. The predicted octanol–water partition coefficient (Wildman–Crippen LogP) is 0.788. The topological polar surface area (TPSA) is 109 Å². The molecule has 1 aromatic rings. The van der Waals surface area contributed by atoms with Crippen LogP contribution in [0.15, 0.2) is 24.3 Å². The van der Waals surface area contributed by atoms with E-state index in [2.05, 4.69) is 5.32 Å². The van der Waals surface area contributed by atoms with Crippen LogP contribution in [-0.2, 0) is 9.59 Å². The van der Waals surface area contributed by atoms with Crippen LogP contribution in [0.2, 0.25) is 5.02 Å². The average Bonchev–Trinajstić information content (AvgIpc) is 2.34. The maximum absolute atomic E-state index is 11.8. The van der Waals surface area contributed by atoms with E-state index in [4.69, 9.17) is 22.4 Å². The highest BCUT2D eigenvalue weighted by molar-refractivity contribution is 6.33. The van der Waals surface area contributed by atoms with Gasteiger partial charge >= 0.3 is 5.97 Å². The van der Waals surface area contributed by atoms with E-state index in [-0.39, 0.29) is 23.4 Å². The number of benzene rings is 1. The Kier molecular flexibility index (Phi) is 5.32. The molecule has 0 saturated heterocycles. The van der Waals surface area contributed by atoms with Crippen molar-refractivity contribution in [3.8, 4) is 0 Å². The van der Waals surface area contributed by atoms with Crippen molar-refractivity contribution in [2.45, 2.75) is 18.9 Å². The molecule has 0 radical (unpaired) electrons. The standard InChI is InChI=1S/C12H13ClN2O4/c13-8-4-2-1-3-7(8)11(17)15-9(12(18)19)5-6-10(14)16/h1-4,9H,5-6H2,(H2,14,16)(H,15,17)(H,18,19)/t9-/m1/s1. The monoisotopic (exact) mass is 284 g/mol. The molecule has 0 spiro atoms. The van der Waals surface area contributed by atoms with Crippen molar-refractivity contribution < 1.29 is 19.5 Å². The lowest BCUT2D eigenvalue weighted by molar-refractivity contribution is -0.139. The zero-order valence-corrected chi connectivity index (χ0v) is 10.7. The number of carbonyl (C=O) groups excluding carboxylic acids is 2.